The van der Waals surface area contributed by atoms with E-state index in [0.29, 0.717) is 5.56 Å². The predicted molar refractivity (Wildman–Crippen MR) is 61.9 cm³/mol. The van der Waals surface area contributed by atoms with E-state index >= 15 is 0 Å². The molecule has 0 aliphatic rings. The van der Waals surface area contributed by atoms with Gasteiger partial charge in [0.15, 0.2) is 0 Å². The summed E-state index contributed by atoms with van der Waals surface area (Å²) in [6.45, 7) is 1.92. The Morgan fingerprint density at radius 1 is 1.47 bits per heavy atom. The third-order valence-corrected chi connectivity index (χ3v) is 2.10. The highest BCUT2D eigenvalue weighted by molar-refractivity contribution is 6.32. The van der Waals surface area contributed by atoms with Crippen LogP contribution in [0.15, 0.2) is 18.2 Å². The summed E-state index contributed by atoms with van der Waals surface area (Å²) in [7, 11) is 0. The van der Waals surface area contributed by atoms with Gasteiger partial charge in [-0.25, -0.2) is 9.59 Å². The minimum Gasteiger partial charge on any atom is -0.478 e. The standard InChI is InChI=1S/C12H9ClO4/c1-2-17-11(14)6-5-8-3-4-9(12(15)16)7-10(8)13/h3-4,7H,2H2,1H3,(H,15,16). The third kappa shape index (κ3) is 3.82. The smallest absolute Gasteiger partial charge is 0.384 e. The molecule has 0 fully saturated rings. The van der Waals surface area contributed by atoms with E-state index in [9.17, 15) is 9.59 Å². The van der Waals surface area contributed by atoms with E-state index in [1.807, 2.05) is 0 Å². The first kappa shape index (κ1) is 13.1. The molecule has 0 radical (unpaired) electrons. The SMILES string of the molecule is CCOC(=O)C#Cc1ccc(C(=O)O)cc1Cl. The first-order valence-corrected chi connectivity index (χ1v) is 5.14. The van der Waals surface area contributed by atoms with Crippen LogP contribution in [0.1, 0.15) is 22.8 Å². The molecule has 0 atom stereocenters. The first-order valence-electron chi connectivity index (χ1n) is 4.76. The molecule has 5 heteroatoms. The van der Waals surface area contributed by atoms with Gasteiger partial charge in [-0.3, -0.25) is 0 Å². The van der Waals surface area contributed by atoms with Gasteiger partial charge in [0.2, 0.25) is 0 Å². The number of hydrogen-bond donors (Lipinski definition) is 1. The monoisotopic (exact) mass is 252 g/mol. The van der Waals surface area contributed by atoms with Gasteiger partial charge in [-0.15, -0.1) is 0 Å². The van der Waals surface area contributed by atoms with Gasteiger partial charge in [0.25, 0.3) is 0 Å². The molecule has 0 bridgehead atoms. The lowest BCUT2D eigenvalue weighted by Crippen LogP contribution is -2.00. The predicted octanol–water partition coefficient (Wildman–Crippen LogP) is 1.95. The van der Waals surface area contributed by atoms with Crippen molar-refractivity contribution >= 4 is 23.5 Å². The molecule has 88 valence electrons. The Balaban J connectivity index is 2.93. The van der Waals surface area contributed by atoms with Crippen LogP contribution in [0.4, 0.5) is 0 Å². The van der Waals surface area contributed by atoms with E-state index < -0.39 is 11.9 Å². The maximum absolute atomic E-state index is 11.0. The lowest BCUT2D eigenvalue weighted by molar-refractivity contribution is -0.136. The summed E-state index contributed by atoms with van der Waals surface area (Å²) in [5.41, 5.74) is 0.446. The fourth-order valence-electron chi connectivity index (χ4n) is 1.04. The first-order chi connectivity index (χ1) is 8.04. The van der Waals surface area contributed by atoms with Crippen molar-refractivity contribution in [2.75, 3.05) is 6.61 Å². The zero-order valence-electron chi connectivity index (χ0n) is 8.99. The number of hydrogen-bond acceptors (Lipinski definition) is 3. The average Bonchev–Trinajstić information content (AvgIpc) is 2.27. The molecule has 1 aromatic rings. The topological polar surface area (TPSA) is 63.6 Å². The number of carboxylic acids is 1. The van der Waals surface area contributed by atoms with Gasteiger partial charge in [0, 0.05) is 11.5 Å². The van der Waals surface area contributed by atoms with E-state index in [4.69, 9.17) is 16.7 Å². The molecule has 0 saturated heterocycles. The Hall–Kier alpha value is -1.99. The second kappa shape index (κ2) is 5.92. The quantitative estimate of drug-likeness (QED) is 0.645. The number of aromatic carboxylic acids is 1. The molecule has 0 aliphatic carbocycles. The van der Waals surface area contributed by atoms with Crippen molar-refractivity contribution in [1.29, 1.82) is 0 Å². The highest BCUT2D eigenvalue weighted by Crippen LogP contribution is 2.16. The number of benzene rings is 1. The van der Waals surface area contributed by atoms with Gasteiger partial charge in [-0.2, -0.15) is 0 Å². The molecule has 0 saturated carbocycles. The van der Waals surface area contributed by atoms with E-state index in [-0.39, 0.29) is 17.2 Å². The molecule has 0 spiro atoms. The largest absolute Gasteiger partial charge is 0.478 e. The van der Waals surface area contributed by atoms with Crippen molar-refractivity contribution in [3.63, 3.8) is 0 Å². The lowest BCUT2D eigenvalue weighted by Gasteiger charge is -1.98. The van der Waals surface area contributed by atoms with Crippen LogP contribution in [0, 0.1) is 11.8 Å². The van der Waals surface area contributed by atoms with E-state index in [2.05, 4.69) is 16.6 Å². The Morgan fingerprint density at radius 3 is 2.71 bits per heavy atom. The molecule has 0 aliphatic heterocycles. The van der Waals surface area contributed by atoms with Crippen LogP contribution in [-0.4, -0.2) is 23.7 Å². The van der Waals surface area contributed by atoms with Crippen molar-refractivity contribution in [3.05, 3.63) is 34.3 Å². The molecule has 1 rings (SSSR count). The van der Waals surface area contributed by atoms with Crippen LogP contribution in [0.2, 0.25) is 5.02 Å². The van der Waals surface area contributed by atoms with Crippen molar-refractivity contribution in [3.8, 4) is 11.8 Å². The highest BCUT2D eigenvalue weighted by Gasteiger charge is 2.05. The number of rotatable bonds is 2. The summed E-state index contributed by atoms with van der Waals surface area (Å²) < 4.78 is 4.62. The summed E-state index contributed by atoms with van der Waals surface area (Å²) in [4.78, 5) is 21.6. The molecule has 1 N–H and O–H groups in total. The molecule has 1 aromatic carbocycles. The molecule has 0 unspecified atom stereocenters. The second-order valence-electron chi connectivity index (χ2n) is 2.97. The Morgan fingerprint density at radius 2 is 2.18 bits per heavy atom. The molecular weight excluding hydrogens is 244 g/mol. The molecule has 0 heterocycles. The van der Waals surface area contributed by atoms with Crippen molar-refractivity contribution in [2.45, 2.75) is 6.92 Å². The minimum absolute atomic E-state index is 0.0664. The fourth-order valence-corrected chi connectivity index (χ4v) is 1.26. The average molecular weight is 253 g/mol. The van der Waals surface area contributed by atoms with Crippen LogP contribution in [0.3, 0.4) is 0 Å². The number of halogens is 1. The van der Waals surface area contributed by atoms with Gasteiger partial charge >= 0.3 is 11.9 Å². The summed E-state index contributed by atoms with van der Waals surface area (Å²) in [6, 6.07) is 4.08. The van der Waals surface area contributed by atoms with Gasteiger partial charge < -0.3 is 9.84 Å². The minimum atomic E-state index is -1.07. The normalized spacial score (nSPS) is 9.06. The fraction of sp³-hybridized carbons (Fsp3) is 0.167. The van der Waals surface area contributed by atoms with Crippen LogP contribution in [-0.2, 0) is 9.53 Å². The van der Waals surface area contributed by atoms with Gasteiger partial charge in [0.1, 0.15) is 0 Å². The number of carbonyl (C=O) groups excluding carboxylic acids is 1. The van der Waals surface area contributed by atoms with Crippen LogP contribution >= 0.6 is 11.6 Å². The van der Waals surface area contributed by atoms with E-state index in [0.717, 1.165) is 0 Å². The lowest BCUT2D eigenvalue weighted by atomic mass is 10.1. The molecule has 17 heavy (non-hydrogen) atoms. The highest BCUT2D eigenvalue weighted by atomic mass is 35.5. The van der Waals surface area contributed by atoms with Gasteiger partial charge in [-0.1, -0.05) is 17.5 Å². The van der Waals surface area contributed by atoms with Crippen LogP contribution in [0.5, 0.6) is 0 Å². The van der Waals surface area contributed by atoms with Crippen LogP contribution in [0.25, 0.3) is 0 Å². The van der Waals surface area contributed by atoms with Crippen molar-refractivity contribution in [2.24, 2.45) is 0 Å². The van der Waals surface area contributed by atoms with Crippen LogP contribution < -0.4 is 0 Å². The Kier molecular flexibility index (Phi) is 4.56. The second-order valence-corrected chi connectivity index (χ2v) is 3.38. The van der Waals surface area contributed by atoms with Gasteiger partial charge in [0.05, 0.1) is 17.2 Å². The number of carbonyl (C=O) groups is 2. The Labute approximate surface area is 103 Å². The molecule has 0 amide bonds. The van der Waals surface area contributed by atoms with Gasteiger partial charge in [-0.05, 0) is 25.1 Å². The number of carboxylic acid groups (broad SMARTS) is 1. The number of ether oxygens (including phenoxy) is 1. The molecule has 0 aromatic heterocycles. The van der Waals surface area contributed by atoms with E-state index in [1.165, 1.54) is 18.2 Å². The zero-order chi connectivity index (χ0) is 12.8. The molecular formula is C12H9ClO4. The maximum Gasteiger partial charge on any atom is 0.384 e. The van der Waals surface area contributed by atoms with E-state index in [1.54, 1.807) is 6.92 Å². The summed E-state index contributed by atoms with van der Waals surface area (Å²) in [5.74, 6) is 3.04. The number of esters is 1. The maximum atomic E-state index is 11.0. The van der Waals surface area contributed by atoms with Crippen molar-refractivity contribution in [1.82, 2.24) is 0 Å². The summed E-state index contributed by atoms with van der Waals surface area (Å²) >= 11 is 5.82. The Bertz CT molecular complexity index is 511. The third-order valence-electron chi connectivity index (χ3n) is 1.79. The van der Waals surface area contributed by atoms with Crippen molar-refractivity contribution < 1.29 is 19.4 Å². The summed E-state index contributed by atoms with van der Waals surface area (Å²) in [6.07, 6.45) is 0. The summed E-state index contributed by atoms with van der Waals surface area (Å²) in [5, 5.41) is 8.90. The zero-order valence-corrected chi connectivity index (χ0v) is 9.75. The molecule has 4 nitrogen and oxygen atoms in total.